The van der Waals surface area contributed by atoms with Crippen LogP contribution in [-0.4, -0.2) is 25.7 Å². The van der Waals surface area contributed by atoms with Gasteiger partial charge in [-0.2, -0.15) is 5.26 Å². The molecule has 0 bridgehead atoms. The molecule has 0 radical (unpaired) electrons. The summed E-state index contributed by atoms with van der Waals surface area (Å²) < 4.78 is 0. The van der Waals surface area contributed by atoms with E-state index in [-0.39, 0.29) is 0 Å². The van der Waals surface area contributed by atoms with Crippen molar-refractivity contribution >= 4 is 5.69 Å². The van der Waals surface area contributed by atoms with Crippen molar-refractivity contribution in [3.8, 4) is 6.07 Å². The molecule has 0 saturated carbocycles. The van der Waals surface area contributed by atoms with Crippen molar-refractivity contribution in [2.45, 2.75) is 39.2 Å². The number of rotatable bonds is 7. The second kappa shape index (κ2) is 7.16. The van der Waals surface area contributed by atoms with Crippen LogP contribution in [0.3, 0.4) is 0 Å². The second-order valence-electron chi connectivity index (χ2n) is 5.34. The second-order valence-corrected chi connectivity index (χ2v) is 5.34. The van der Waals surface area contributed by atoms with Crippen LogP contribution >= 0.6 is 0 Å². The van der Waals surface area contributed by atoms with Crippen LogP contribution in [-0.2, 0) is 0 Å². The highest BCUT2D eigenvalue weighted by atomic mass is 15.1. The van der Waals surface area contributed by atoms with Gasteiger partial charge >= 0.3 is 0 Å². The van der Waals surface area contributed by atoms with Gasteiger partial charge < -0.3 is 4.90 Å². The van der Waals surface area contributed by atoms with Gasteiger partial charge in [0.2, 0.25) is 0 Å². The van der Waals surface area contributed by atoms with Crippen molar-refractivity contribution < 1.29 is 0 Å². The van der Waals surface area contributed by atoms with Gasteiger partial charge in [-0.05, 0) is 50.9 Å². The molecule has 0 heterocycles. The molecule has 3 nitrogen and oxygen atoms in total. The molecule has 1 aromatic carbocycles. The van der Waals surface area contributed by atoms with Crippen LogP contribution in [0.2, 0.25) is 0 Å². The normalized spacial score (nSPS) is 13.6. The minimum Gasteiger partial charge on any atom is -0.375 e. The minimum absolute atomic E-state index is 0.401. The van der Waals surface area contributed by atoms with E-state index in [2.05, 4.69) is 54.5 Å². The maximum Gasteiger partial charge on any atom is 0.103 e. The molecule has 1 N–H and O–H groups in total. The zero-order chi connectivity index (χ0) is 14.3. The Balaban J connectivity index is 2.47. The molecule has 0 aromatic heterocycles. The van der Waals surface area contributed by atoms with Gasteiger partial charge in [0.15, 0.2) is 0 Å². The smallest absolute Gasteiger partial charge is 0.103 e. The largest absolute Gasteiger partial charge is 0.375 e. The Labute approximate surface area is 117 Å². The Kier molecular flexibility index (Phi) is 5.85. The highest BCUT2D eigenvalue weighted by Crippen LogP contribution is 2.17. The maximum absolute atomic E-state index is 9.21. The lowest BCUT2D eigenvalue weighted by molar-refractivity contribution is 0.418. The Morgan fingerprint density at radius 2 is 2.16 bits per heavy atom. The van der Waals surface area contributed by atoms with E-state index in [9.17, 15) is 5.26 Å². The molecule has 0 fully saturated rings. The Morgan fingerprint density at radius 1 is 1.42 bits per heavy atom. The van der Waals surface area contributed by atoms with Crippen LogP contribution in [0.4, 0.5) is 5.69 Å². The highest BCUT2D eigenvalue weighted by molar-refractivity contribution is 5.47. The molecule has 0 spiro atoms. The molecule has 0 amide bonds. The number of hydrogen-bond donors (Lipinski definition) is 1. The molecule has 19 heavy (non-hydrogen) atoms. The van der Waals surface area contributed by atoms with Gasteiger partial charge in [0.25, 0.3) is 0 Å². The quantitative estimate of drug-likeness (QED) is 0.818. The summed E-state index contributed by atoms with van der Waals surface area (Å²) in [7, 11) is 2.10. The van der Waals surface area contributed by atoms with Gasteiger partial charge in [0.05, 0.1) is 6.07 Å². The Morgan fingerprint density at radius 3 is 2.74 bits per heavy atom. The Hall–Kier alpha value is -1.53. The lowest BCUT2D eigenvalue weighted by Crippen LogP contribution is -2.41. The summed E-state index contributed by atoms with van der Waals surface area (Å²) in [5.74, 6) is 0. The third-order valence-electron chi connectivity index (χ3n) is 3.43. The lowest BCUT2D eigenvalue weighted by atomic mass is 9.97. The van der Waals surface area contributed by atoms with Gasteiger partial charge in [-0.15, -0.1) is 0 Å². The first-order valence-corrected chi connectivity index (χ1v) is 6.95. The molecule has 0 aliphatic rings. The average Bonchev–Trinajstić information content (AvgIpc) is 2.39. The van der Waals surface area contributed by atoms with Crippen LogP contribution in [0.1, 0.15) is 32.3 Å². The molecular weight excluding hydrogens is 234 g/mol. The third kappa shape index (κ3) is 4.92. The number of nitriles is 1. The van der Waals surface area contributed by atoms with Crippen molar-refractivity contribution in [1.29, 1.82) is 5.26 Å². The van der Waals surface area contributed by atoms with E-state index in [1.807, 2.05) is 13.8 Å². The molecule has 1 aromatic rings. The van der Waals surface area contributed by atoms with Crippen LogP contribution < -0.4 is 10.2 Å². The number of aryl methyl sites for hydroxylation is 1. The zero-order valence-corrected chi connectivity index (χ0v) is 12.5. The highest BCUT2D eigenvalue weighted by Gasteiger charge is 2.21. The molecule has 104 valence electrons. The average molecular weight is 259 g/mol. The lowest BCUT2D eigenvalue weighted by Gasteiger charge is -2.25. The topological polar surface area (TPSA) is 39.1 Å². The molecule has 0 aliphatic carbocycles. The molecule has 1 unspecified atom stereocenters. The summed E-state index contributed by atoms with van der Waals surface area (Å²) >= 11 is 0. The van der Waals surface area contributed by atoms with Crippen molar-refractivity contribution in [3.05, 3.63) is 29.8 Å². The van der Waals surface area contributed by atoms with Gasteiger partial charge in [-0.3, -0.25) is 5.32 Å². The first-order chi connectivity index (χ1) is 9.00. The molecule has 1 atom stereocenters. The molecule has 0 aliphatic heterocycles. The molecule has 1 rings (SSSR count). The van der Waals surface area contributed by atoms with Gasteiger partial charge in [-0.1, -0.05) is 19.1 Å². The summed E-state index contributed by atoms with van der Waals surface area (Å²) in [5, 5.41) is 12.5. The number of nitrogens with zero attached hydrogens (tertiary/aromatic N) is 2. The number of benzene rings is 1. The summed E-state index contributed by atoms with van der Waals surface area (Å²) in [6, 6.07) is 10.9. The Bertz CT molecular complexity index is 436. The first kappa shape index (κ1) is 15.5. The minimum atomic E-state index is -0.401. The summed E-state index contributed by atoms with van der Waals surface area (Å²) in [6.45, 7) is 7.91. The van der Waals surface area contributed by atoms with E-state index < -0.39 is 5.54 Å². The maximum atomic E-state index is 9.21. The van der Waals surface area contributed by atoms with E-state index in [1.165, 1.54) is 11.3 Å². The van der Waals surface area contributed by atoms with E-state index in [4.69, 9.17) is 0 Å². The van der Waals surface area contributed by atoms with E-state index in [0.717, 1.165) is 25.9 Å². The van der Waals surface area contributed by atoms with Gasteiger partial charge in [-0.25, -0.2) is 0 Å². The van der Waals surface area contributed by atoms with Crippen molar-refractivity contribution in [2.75, 3.05) is 25.0 Å². The van der Waals surface area contributed by atoms with E-state index in [1.54, 1.807) is 0 Å². The van der Waals surface area contributed by atoms with Crippen molar-refractivity contribution in [3.63, 3.8) is 0 Å². The number of nitrogens with one attached hydrogen (secondary N) is 1. The fourth-order valence-corrected chi connectivity index (χ4v) is 2.24. The molecular formula is C16H25N3. The first-order valence-electron chi connectivity index (χ1n) is 6.95. The van der Waals surface area contributed by atoms with E-state index >= 15 is 0 Å². The van der Waals surface area contributed by atoms with Gasteiger partial charge in [0, 0.05) is 19.3 Å². The van der Waals surface area contributed by atoms with Crippen molar-refractivity contribution in [1.82, 2.24) is 5.32 Å². The standard InChI is InChI=1S/C16H25N3/c1-5-18-16(3,13-17)10-7-11-19(4)15-9-6-8-14(2)12-15/h6,8-9,12,18H,5,7,10-11H2,1-4H3. The van der Waals surface area contributed by atoms with Crippen LogP contribution in [0.5, 0.6) is 0 Å². The van der Waals surface area contributed by atoms with Crippen LogP contribution in [0, 0.1) is 18.3 Å². The fraction of sp³-hybridized carbons (Fsp3) is 0.562. The zero-order valence-electron chi connectivity index (χ0n) is 12.5. The monoisotopic (exact) mass is 259 g/mol. The summed E-state index contributed by atoms with van der Waals surface area (Å²) in [4.78, 5) is 2.25. The van der Waals surface area contributed by atoms with Crippen molar-refractivity contribution in [2.24, 2.45) is 0 Å². The molecule has 0 saturated heterocycles. The fourth-order valence-electron chi connectivity index (χ4n) is 2.24. The predicted molar refractivity (Wildman–Crippen MR) is 81.4 cm³/mol. The van der Waals surface area contributed by atoms with E-state index in [0.29, 0.717) is 0 Å². The summed E-state index contributed by atoms with van der Waals surface area (Å²) in [6.07, 6.45) is 1.87. The third-order valence-corrected chi connectivity index (χ3v) is 3.43. The molecule has 3 heteroatoms. The SMILES string of the molecule is CCNC(C)(C#N)CCCN(C)c1cccc(C)c1. The number of hydrogen-bond acceptors (Lipinski definition) is 3. The summed E-state index contributed by atoms with van der Waals surface area (Å²) in [5.41, 5.74) is 2.11. The van der Waals surface area contributed by atoms with Gasteiger partial charge in [0.1, 0.15) is 5.54 Å². The predicted octanol–water partition coefficient (Wildman–Crippen LogP) is 3.10. The number of anilines is 1. The van der Waals surface area contributed by atoms with Crippen LogP contribution in [0.25, 0.3) is 0 Å². The van der Waals surface area contributed by atoms with Crippen LogP contribution in [0.15, 0.2) is 24.3 Å².